The molecule has 0 unspecified atom stereocenters. The molecule has 0 atom stereocenters. The van der Waals surface area contributed by atoms with Crippen LogP contribution in [-0.4, -0.2) is 10.5 Å². The van der Waals surface area contributed by atoms with Crippen LogP contribution in [0.3, 0.4) is 0 Å². The van der Waals surface area contributed by atoms with Gasteiger partial charge in [0.2, 0.25) is 0 Å². The SMILES string of the molecule is CCc1sc(=NC(=O)c2ccc(C)cc2Cl)n(C)c1-c1ccccc1. The Morgan fingerprint density at radius 2 is 1.92 bits per heavy atom. The first-order valence-electron chi connectivity index (χ1n) is 8.10. The zero-order chi connectivity index (χ0) is 18.0. The van der Waals surface area contributed by atoms with Gasteiger partial charge in [-0.05, 0) is 36.6 Å². The van der Waals surface area contributed by atoms with Crippen LogP contribution in [0.1, 0.15) is 27.7 Å². The molecule has 0 spiro atoms. The Kier molecular flexibility index (Phi) is 5.21. The summed E-state index contributed by atoms with van der Waals surface area (Å²) >= 11 is 7.75. The fourth-order valence-electron chi connectivity index (χ4n) is 2.74. The highest BCUT2D eigenvalue weighted by Gasteiger charge is 2.14. The van der Waals surface area contributed by atoms with Crippen molar-refractivity contribution in [2.45, 2.75) is 20.3 Å². The molecule has 128 valence electrons. The van der Waals surface area contributed by atoms with Gasteiger partial charge in [0.1, 0.15) is 0 Å². The number of hydrogen-bond donors (Lipinski definition) is 0. The molecule has 0 fully saturated rings. The lowest BCUT2D eigenvalue weighted by atomic mass is 10.1. The summed E-state index contributed by atoms with van der Waals surface area (Å²) in [7, 11) is 1.95. The lowest BCUT2D eigenvalue weighted by molar-refractivity contribution is 0.0998. The molecule has 0 bridgehead atoms. The minimum Gasteiger partial charge on any atom is -0.319 e. The molecule has 1 heterocycles. The molecule has 3 nitrogen and oxygen atoms in total. The van der Waals surface area contributed by atoms with E-state index in [-0.39, 0.29) is 5.91 Å². The smallest absolute Gasteiger partial charge is 0.281 e. The number of thiazole rings is 1. The maximum Gasteiger partial charge on any atom is 0.281 e. The molecule has 0 saturated heterocycles. The molecule has 2 aromatic carbocycles. The first-order chi connectivity index (χ1) is 12.0. The van der Waals surface area contributed by atoms with Gasteiger partial charge in [0, 0.05) is 11.9 Å². The Hall–Kier alpha value is -2.17. The molecule has 0 saturated carbocycles. The number of amides is 1. The van der Waals surface area contributed by atoms with Crippen LogP contribution in [0.2, 0.25) is 5.02 Å². The van der Waals surface area contributed by atoms with Crippen LogP contribution in [0.15, 0.2) is 53.5 Å². The first-order valence-corrected chi connectivity index (χ1v) is 9.30. The van der Waals surface area contributed by atoms with E-state index in [0.29, 0.717) is 15.4 Å². The van der Waals surface area contributed by atoms with Gasteiger partial charge in [-0.3, -0.25) is 4.79 Å². The van der Waals surface area contributed by atoms with Crippen LogP contribution in [0.4, 0.5) is 0 Å². The number of carbonyl (C=O) groups excluding carboxylic acids is 1. The minimum atomic E-state index is -0.316. The van der Waals surface area contributed by atoms with Crippen molar-refractivity contribution in [1.82, 2.24) is 4.57 Å². The van der Waals surface area contributed by atoms with Gasteiger partial charge in [0.05, 0.1) is 16.3 Å². The Morgan fingerprint density at radius 3 is 2.56 bits per heavy atom. The first kappa shape index (κ1) is 17.6. The van der Waals surface area contributed by atoms with Crippen molar-refractivity contribution in [3.8, 4) is 11.3 Å². The molecule has 0 N–H and O–H groups in total. The molecule has 25 heavy (non-hydrogen) atoms. The Morgan fingerprint density at radius 1 is 1.20 bits per heavy atom. The largest absolute Gasteiger partial charge is 0.319 e. The van der Waals surface area contributed by atoms with E-state index in [1.54, 1.807) is 23.5 Å². The lowest BCUT2D eigenvalue weighted by Crippen LogP contribution is -2.14. The van der Waals surface area contributed by atoms with Crippen molar-refractivity contribution in [1.29, 1.82) is 0 Å². The fourth-order valence-corrected chi connectivity index (χ4v) is 4.13. The topological polar surface area (TPSA) is 34.4 Å². The van der Waals surface area contributed by atoms with Crippen molar-refractivity contribution in [2.75, 3.05) is 0 Å². The zero-order valence-corrected chi connectivity index (χ0v) is 16.0. The number of aryl methyl sites for hydroxylation is 2. The molecule has 5 heteroatoms. The van der Waals surface area contributed by atoms with E-state index in [2.05, 4.69) is 24.0 Å². The van der Waals surface area contributed by atoms with Crippen LogP contribution < -0.4 is 4.80 Å². The molecular formula is C20H19ClN2OS. The van der Waals surface area contributed by atoms with Gasteiger partial charge in [-0.25, -0.2) is 0 Å². The van der Waals surface area contributed by atoms with Crippen LogP contribution in [0, 0.1) is 6.92 Å². The summed E-state index contributed by atoms with van der Waals surface area (Å²) in [6.45, 7) is 4.05. The van der Waals surface area contributed by atoms with E-state index < -0.39 is 0 Å². The van der Waals surface area contributed by atoms with E-state index in [1.165, 1.54) is 4.88 Å². The second-order valence-corrected chi connectivity index (χ2v) is 7.30. The molecule has 3 rings (SSSR count). The van der Waals surface area contributed by atoms with Gasteiger partial charge in [0.25, 0.3) is 5.91 Å². The molecule has 0 radical (unpaired) electrons. The number of carbonyl (C=O) groups is 1. The van der Waals surface area contributed by atoms with Crippen molar-refractivity contribution >= 4 is 28.8 Å². The summed E-state index contributed by atoms with van der Waals surface area (Å²) in [5, 5.41) is 0.437. The molecule has 0 aliphatic heterocycles. The van der Waals surface area contributed by atoms with Gasteiger partial charge in [0.15, 0.2) is 4.80 Å². The summed E-state index contributed by atoms with van der Waals surface area (Å²) in [5.74, 6) is -0.316. The highest BCUT2D eigenvalue weighted by Crippen LogP contribution is 2.25. The van der Waals surface area contributed by atoms with Crippen molar-refractivity contribution < 1.29 is 4.79 Å². The summed E-state index contributed by atoms with van der Waals surface area (Å²) in [6, 6.07) is 15.6. The molecule has 0 aliphatic rings. The number of nitrogens with zero attached hydrogens (tertiary/aromatic N) is 2. The van der Waals surface area contributed by atoms with E-state index in [0.717, 1.165) is 23.2 Å². The lowest BCUT2D eigenvalue weighted by Gasteiger charge is -2.05. The number of aromatic nitrogens is 1. The minimum absolute atomic E-state index is 0.316. The Bertz CT molecular complexity index is 987. The third kappa shape index (κ3) is 3.60. The predicted octanol–water partition coefficient (Wildman–Crippen LogP) is 5.02. The van der Waals surface area contributed by atoms with E-state index in [9.17, 15) is 4.79 Å². The summed E-state index contributed by atoms with van der Waals surface area (Å²) < 4.78 is 1.98. The molecule has 0 aliphatic carbocycles. The Balaban J connectivity index is 2.10. The van der Waals surface area contributed by atoms with Crippen LogP contribution in [-0.2, 0) is 13.5 Å². The highest BCUT2D eigenvalue weighted by molar-refractivity contribution is 7.09. The standard InChI is InChI=1S/C20H19ClN2OS/c1-4-17-18(14-8-6-5-7-9-14)23(3)20(25-17)22-19(24)15-11-10-13(2)12-16(15)21/h5-12H,4H2,1-3H3. The molecule has 1 aromatic heterocycles. The maximum atomic E-state index is 12.6. The average Bonchev–Trinajstić information content (AvgIpc) is 2.91. The van der Waals surface area contributed by atoms with E-state index >= 15 is 0 Å². The van der Waals surface area contributed by atoms with Crippen molar-refractivity contribution in [2.24, 2.45) is 12.0 Å². The summed E-state index contributed by atoms with van der Waals surface area (Å²) in [6.07, 6.45) is 0.887. The molecule has 1 amide bonds. The van der Waals surface area contributed by atoms with Gasteiger partial charge in [-0.2, -0.15) is 4.99 Å². The number of rotatable bonds is 3. The van der Waals surface area contributed by atoms with Crippen LogP contribution >= 0.6 is 22.9 Å². The molecular weight excluding hydrogens is 352 g/mol. The number of benzene rings is 2. The second kappa shape index (κ2) is 7.38. The fraction of sp³-hybridized carbons (Fsp3) is 0.200. The number of hydrogen-bond acceptors (Lipinski definition) is 2. The van der Waals surface area contributed by atoms with Crippen LogP contribution in [0.25, 0.3) is 11.3 Å². The Labute approximate surface area is 156 Å². The van der Waals surface area contributed by atoms with Gasteiger partial charge >= 0.3 is 0 Å². The summed E-state index contributed by atoms with van der Waals surface area (Å²) in [4.78, 5) is 18.8. The predicted molar refractivity (Wildman–Crippen MR) is 104 cm³/mol. The van der Waals surface area contributed by atoms with Gasteiger partial charge in [-0.1, -0.05) is 54.9 Å². The third-order valence-corrected chi connectivity index (χ3v) is 5.61. The van der Waals surface area contributed by atoms with Crippen molar-refractivity contribution in [3.05, 3.63) is 74.4 Å². The van der Waals surface area contributed by atoms with Crippen molar-refractivity contribution in [3.63, 3.8) is 0 Å². The monoisotopic (exact) mass is 370 g/mol. The number of halogens is 1. The summed E-state index contributed by atoms with van der Waals surface area (Å²) in [5.41, 5.74) is 3.68. The second-order valence-electron chi connectivity index (χ2n) is 5.84. The highest BCUT2D eigenvalue weighted by atomic mass is 35.5. The average molecular weight is 371 g/mol. The third-order valence-electron chi connectivity index (χ3n) is 4.02. The quantitative estimate of drug-likeness (QED) is 0.637. The normalized spacial score (nSPS) is 11.8. The van der Waals surface area contributed by atoms with Gasteiger partial charge in [-0.15, -0.1) is 11.3 Å². The van der Waals surface area contributed by atoms with E-state index in [4.69, 9.17) is 11.6 Å². The van der Waals surface area contributed by atoms with Crippen LogP contribution in [0.5, 0.6) is 0 Å². The van der Waals surface area contributed by atoms with Gasteiger partial charge < -0.3 is 4.57 Å². The maximum absolute atomic E-state index is 12.6. The zero-order valence-electron chi connectivity index (χ0n) is 14.4. The van der Waals surface area contributed by atoms with E-state index in [1.807, 2.05) is 42.8 Å². The molecule has 3 aromatic rings.